The maximum atomic E-state index is 12.2. The van der Waals surface area contributed by atoms with Crippen molar-refractivity contribution < 1.29 is 23.8 Å². The van der Waals surface area contributed by atoms with Crippen LogP contribution in [0.15, 0.2) is 18.2 Å². The molecule has 6 nitrogen and oxygen atoms in total. The molecule has 2 aliphatic heterocycles. The van der Waals surface area contributed by atoms with E-state index in [0.717, 1.165) is 11.8 Å². The average molecular weight is 359 g/mol. The molecule has 0 aliphatic carbocycles. The zero-order valence-electron chi connectivity index (χ0n) is 15.7. The van der Waals surface area contributed by atoms with Crippen molar-refractivity contribution in [2.75, 3.05) is 20.2 Å². The summed E-state index contributed by atoms with van der Waals surface area (Å²) in [4.78, 5) is 25.0. The summed E-state index contributed by atoms with van der Waals surface area (Å²) in [6.07, 6.45) is 5.83. The minimum atomic E-state index is -0.504. The monoisotopic (exact) mass is 359 g/mol. The van der Waals surface area contributed by atoms with Crippen molar-refractivity contribution in [2.45, 2.75) is 44.8 Å². The summed E-state index contributed by atoms with van der Waals surface area (Å²) in [5.41, 5.74) is 0.397. The number of hydrogen-bond acceptors (Lipinski definition) is 5. The van der Waals surface area contributed by atoms with E-state index >= 15 is 0 Å². The van der Waals surface area contributed by atoms with Gasteiger partial charge in [-0.2, -0.15) is 0 Å². The molecule has 1 aromatic carbocycles. The molecule has 3 rings (SSSR count). The van der Waals surface area contributed by atoms with Crippen LogP contribution in [0.3, 0.4) is 0 Å². The molecule has 2 aliphatic rings. The maximum Gasteiger partial charge on any atom is 0.410 e. The first-order valence-corrected chi connectivity index (χ1v) is 8.79. The van der Waals surface area contributed by atoms with Gasteiger partial charge in [0.25, 0.3) is 0 Å². The van der Waals surface area contributed by atoms with Gasteiger partial charge in [-0.1, -0.05) is 6.08 Å². The third-order valence-electron chi connectivity index (χ3n) is 4.60. The number of fused-ring (bicyclic) bond motifs is 1. The first-order chi connectivity index (χ1) is 12.3. The van der Waals surface area contributed by atoms with Crippen molar-refractivity contribution in [3.05, 3.63) is 29.3 Å². The molecule has 1 spiro atoms. The van der Waals surface area contributed by atoms with Gasteiger partial charge in [-0.05, 0) is 39.0 Å². The molecule has 0 N–H and O–H groups in total. The number of piperidine rings is 1. The summed E-state index contributed by atoms with van der Waals surface area (Å²) in [5.74, 6) is 1.19. The summed E-state index contributed by atoms with van der Waals surface area (Å²) < 4.78 is 17.2. The molecule has 0 bridgehead atoms. The van der Waals surface area contributed by atoms with E-state index in [-0.39, 0.29) is 6.09 Å². The fourth-order valence-electron chi connectivity index (χ4n) is 3.24. The number of rotatable bonds is 2. The largest absolute Gasteiger partial charge is 0.493 e. The van der Waals surface area contributed by atoms with Crippen LogP contribution in [-0.2, 0) is 4.74 Å². The highest BCUT2D eigenvalue weighted by atomic mass is 16.6. The number of carbonyl (C=O) groups excluding carboxylic acids is 2. The highest BCUT2D eigenvalue weighted by Crippen LogP contribution is 2.43. The molecule has 0 saturated carbocycles. The van der Waals surface area contributed by atoms with E-state index in [1.54, 1.807) is 24.1 Å². The SMILES string of the molecule is COc1cc(C=O)cc2c1OC1(C=C2)CCN(C(=O)OC(C)(C)C)CC1. The minimum Gasteiger partial charge on any atom is -0.493 e. The predicted octanol–water partition coefficient (Wildman–Crippen LogP) is 3.68. The van der Waals surface area contributed by atoms with Crippen molar-refractivity contribution in [3.8, 4) is 11.5 Å². The van der Waals surface area contributed by atoms with E-state index in [9.17, 15) is 9.59 Å². The molecule has 0 unspecified atom stereocenters. The van der Waals surface area contributed by atoms with E-state index in [1.165, 1.54) is 0 Å². The van der Waals surface area contributed by atoms with Gasteiger partial charge in [0.15, 0.2) is 11.5 Å². The Morgan fingerprint density at radius 1 is 1.27 bits per heavy atom. The second kappa shape index (κ2) is 6.67. The smallest absolute Gasteiger partial charge is 0.410 e. The normalized spacial score (nSPS) is 18.1. The number of benzene rings is 1. The second-order valence-corrected chi connectivity index (χ2v) is 7.73. The van der Waals surface area contributed by atoms with E-state index in [0.29, 0.717) is 43.0 Å². The lowest BCUT2D eigenvalue weighted by Crippen LogP contribution is -2.50. The number of carbonyl (C=O) groups is 2. The van der Waals surface area contributed by atoms with E-state index in [4.69, 9.17) is 14.2 Å². The molecule has 1 amide bonds. The van der Waals surface area contributed by atoms with Crippen molar-refractivity contribution >= 4 is 18.5 Å². The van der Waals surface area contributed by atoms with Gasteiger partial charge in [0.2, 0.25) is 0 Å². The molecular formula is C20H25NO5. The summed E-state index contributed by atoms with van der Waals surface area (Å²) in [7, 11) is 1.56. The summed E-state index contributed by atoms with van der Waals surface area (Å²) >= 11 is 0. The highest BCUT2D eigenvalue weighted by Gasteiger charge is 2.39. The lowest BCUT2D eigenvalue weighted by atomic mass is 9.88. The Balaban J connectivity index is 1.74. The van der Waals surface area contributed by atoms with Gasteiger partial charge in [0.05, 0.1) is 7.11 Å². The molecule has 2 heterocycles. The number of methoxy groups -OCH3 is 1. The van der Waals surface area contributed by atoms with Crippen LogP contribution in [0.25, 0.3) is 6.08 Å². The van der Waals surface area contributed by atoms with Crippen LogP contribution in [0.4, 0.5) is 4.79 Å². The van der Waals surface area contributed by atoms with Crippen LogP contribution in [0.1, 0.15) is 49.5 Å². The Morgan fingerprint density at radius 3 is 2.54 bits per heavy atom. The summed E-state index contributed by atoms with van der Waals surface area (Å²) in [6.45, 7) is 6.70. The van der Waals surface area contributed by atoms with Gasteiger partial charge in [-0.3, -0.25) is 4.79 Å². The number of amides is 1. The highest BCUT2D eigenvalue weighted by molar-refractivity contribution is 5.80. The Hall–Kier alpha value is -2.50. The third-order valence-corrected chi connectivity index (χ3v) is 4.60. The molecule has 26 heavy (non-hydrogen) atoms. The van der Waals surface area contributed by atoms with Crippen LogP contribution in [0, 0.1) is 0 Å². The number of aldehydes is 1. The molecule has 0 atom stereocenters. The molecule has 0 radical (unpaired) electrons. The lowest BCUT2D eigenvalue weighted by Gasteiger charge is -2.42. The van der Waals surface area contributed by atoms with Crippen LogP contribution >= 0.6 is 0 Å². The number of hydrogen-bond donors (Lipinski definition) is 0. The van der Waals surface area contributed by atoms with Crippen molar-refractivity contribution in [1.29, 1.82) is 0 Å². The Bertz CT molecular complexity index is 739. The number of nitrogens with zero attached hydrogens (tertiary/aromatic N) is 1. The van der Waals surface area contributed by atoms with Gasteiger partial charge in [-0.25, -0.2) is 4.79 Å². The third kappa shape index (κ3) is 3.69. The van der Waals surface area contributed by atoms with Gasteiger partial charge < -0.3 is 19.1 Å². The minimum absolute atomic E-state index is 0.291. The molecule has 6 heteroatoms. The molecule has 1 fully saturated rings. The van der Waals surface area contributed by atoms with E-state index in [1.807, 2.05) is 32.9 Å². The Labute approximate surface area is 153 Å². The van der Waals surface area contributed by atoms with Gasteiger partial charge in [0, 0.05) is 37.1 Å². The van der Waals surface area contributed by atoms with Crippen molar-refractivity contribution in [1.82, 2.24) is 4.90 Å². The molecule has 140 valence electrons. The zero-order valence-corrected chi connectivity index (χ0v) is 15.7. The fourth-order valence-corrected chi connectivity index (χ4v) is 3.24. The van der Waals surface area contributed by atoms with Crippen molar-refractivity contribution in [3.63, 3.8) is 0 Å². The van der Waals surface area contributed by atoms with Crippen LogP contribution in [-0.4, -0.2) is 48.7 Å². The molecular weight excluding hydrogens is 334 g/mol. The molecule has 0 aromatic heterocycles. The van der Waals surface area contributed by atoms with Gasteiger partial charge >= 0.3 is 6.09 Å². The summed E-state index contributed by atoms with van der Waals surface area (Å²) in [5, 5.41) is 0. The fraction of sp³-hybridized carbons (Fsp3) is 0.500. The number of likely N-dealkylation sites (tertiary alicyclic amines) is 1. The standard InChI is InChI=1S/C20H25NO5/c1-19(2,3)26-18(23)21-9-7-20(8-10-21)6-5-15-11-14(13-22)12-16(24-4)17(15)25-20/h5-6,11-13H,7-10H2,1-4H3. The molecule has 1 saturated heterocycles. The number of ether oxygens (including phenoxy) is 3. The first-order valence-electron chi connectivity index (χ1n) is 8.79. The van der Waals surface area contributed by atoms with Crippen LogP contribution in [0.5, 0.6) is 11.5 Å². The van der Waals surface area contributed by atoms with E-state index < -0.39 is 11.2 Å². The quantitative estimate of drug-likeness (QED) is 0.754. The maximum absolute atomic E-state index is 12.2. The first kappa shape index (κ1) is 18.3. The topological polar surface area (TPSA) is 65.1 Å². The second-order valence-electron chi connectivity index (χ2n) is 7.73. The lowest BCUT2D eigenvalue weighted by molar-refractivity contribution is -0.00161. The van der Waals surface area contributed by atoms with Gasteiger partial charge in [0.1, 0.15) is 17.5 Å². The zero-order chi connectivity index (χ0) is 18.9. The Kier molecular flexibility index (Phi) is 4.69. The Morgan fingerprint density at radius 2 is 1.96 bits per heavy atom. The van der Waals surface area contributed by atoms with Crippen LogP contribution in [0.2, 0.25) is 0 Å². The summed E-state index contributed by atoms with van der Waals surface area (Å²) in [6, 6.07) is 3.46. The van der Waals surface area contributed by atoms with E-state index in [2.05, 4.69) is 0 Å². The molecule has 1 aromatic rings. The van der Waals surface area contributed by atoms with Gasteiger partial charge in [-0.15, -0.1) is 0 Å². The van der Waals surface area contributed by atoms with Crippen LogP contribution < -0.4 is 9.47 Å². The average Bonchev–Trinajstić information content (AvgIpc) is 2.60. The predicted molar refractivity (Wildman–Crippen MR) is 97.8 cm³/mol. The van der Waals surface area contributed by atoms with Crippen molar-refractivity contribution in [2.24, 2.45) is 0 Å².